The van der Waals surface area contributed by atoms with Crippen LogP contribution in [0, 0.1) is 12.7 Å². The van der Waals surface area contributed by atoms with Gasteiger partial charge in [0.2, 0.25) is 0 Å². The number of benzene rings is 2. The highest BCUT2D eigenvalue weighted by molar-refractivity contribution is 5.97. The van der Waals surface area contributed by atoms with E-state index in [0.717, 1.165) is 17.2 Å². The number of methoxy groups -OCH3 is 1. The second-order valence-corrected chi connectivity index (χ2v) is 8.42. The molecule has 4 aromatic rings. The first kappa shape index (κ1) is 26.0. The van der Waals surface area contributed by atoms with Gasteiger partial charge in [-0.2, -0.15) is 13.2 Å². The van der Waals surface area contributed by atoms with Crippen LogP contribution in [0.25, 0.3) is 16.9 Å². The van der Waals surface area contributed by atoms with Crippen molar-refractivity contribution in [3.8, 4) is 28.5 Å². The molecule has 2 heterocycles. The van der Waals surface area contributed by atoms with Crippen molar-refractivity contribution in [3.05, 3.63) is 71.8 Å². The van der Waals surface area contributed by atoms with Gasteiger partial charge in [0.1, 0.15) is 11.5 Å². The molecule has 0 aliphatic heterocycles. The second kappa shape index (κ2) is 10.5. The minimum Gasteiger partial charge on any atom is -0.494 e. The zero-order valence-electron chi connectivity index (χ0n) is 20.4. The predicted octanol–water partition coefficient (Wildman–Crippen LogP) is 7.21. The summed E-state index contributed by atoms with van der Waals surface area (Å²) in [6, 6.07) is 11.0. The minimum absolute atomic E-state index is 0.0285. The summed E-state index contributed by atoms with van der Waals surface area (Å²) in [6.45, 7) is 3.27. The van der Waals surface area contributed by atoms with E-state index in [4.69, 9.17) is 9.47 Å². The first-order chi connectivity index (χ1) is 17.6. The fourth-order valence-electron chi connectivity index (χ4n) is 3.97. The van der Waals surface area contributed by atoms with Crippen LogP contribution >= 0.6 is 0 Å². The van der Waals surface area contributed by atoms with Crippen molar-refractivity contribution < 1.29 is 31.8 Å². The molecule has 0 amide bonds. The number of hydrogen-bond donors (Lipinski definition) is 1. The van der Waals surface area contributed by atoms with Crippen LogP contribution in [0.5, 0.6) is 17.2 Å². The van der Waals surface area contributed by atoms with Crippen molar-refractivity contribution >= 4 is 17.1 Å². The number of fused-ring (bicyclic) bond motifs is 1. The third-order valence-corrected chi connectivity index (χ3v) is 5.81. The van der Waals surface area contributed by atoms with Crippen LogP contribution in [0.2, 0.25) is 0 Å². The van der Waals surface area contributed by atoms with Gasteiger partial charge < -0.3 is 14.8 Å². The number of imidazole rings is 1. The van der Waals surface area contributed by atoms with E-state index in [2.05, 4.69) is 10.3 Å². The smallest absolute Gasteiger partial charge is 0.390 e. The summed E-state index contributed by atoms with van der Waals surface area (Å²) >= 11 is 0. The molecule has 2 aromatic heterocycles. The highest BCUT2D eigenvalue weighted by Crippen LogP contribution is 2.33. The number of carbonyl (C=O) groups excluding carboxylic acids is 1. The lowest BCUT2D eigenvalue weighted by molar-refractivity contribution is -0.131. The van der Waals surface area contributed by atoms with Crippen molar-refractivity contribution in [2.45, 2.75) is 32.9 Å². The third-order valence-electron chi connectivity index (χ3n) is 5.81. The van der Waals surface area contributed by atoms with Gasteiger partial charge in [-0.05, 0) is 30.7 Å². The summed E-state index contributed by atoms with van der Waals surface area (Å²) in [5.41, 5.74) is 3.52. The number of anilines is 1. The summed E-state index contributed by atoms with van der Waals surface area (Å²) in [5.74, 6) is -0.111. The van der Waals surface area contributed by atoms with E-state index in [-0.39, 0.29) is 29.6 Å². The molecule has 0 unspecified atom stereocenters. The van der Waals surface area contributed by atoms with Crippen molar-refractivity contribution in [1.29, 1.82) is 0 Å². The van der Waals surface area contributed by atoms with Gasteiger partial charge in [-0.1, -0.05) is 19.1 Å². The van der Waals surface area contributed by atoms with Crippen molar-refractivity contribution in [2.24, 2.45) is 0 Å². The van der Waals surface area contributed by atoms with E-state index < -0.39 is 18.4 Å². The van der Waals surface area contributed by atoms with Gasteiger partial charge >= 0.3 is 6.18 Å². The molecule has 0 radical (unpaired) electrons. The highest BCUT2D eigenvalue weighted by atomic mass is 19.4. The van der Waals surface area contributed by atoms with Crippen LogP contribution in [0.15, 0.2) is 54.9 Å². The number of aromatic nitrogens is 2. The zero-order chi connectivity index (χ0) is 26.7. The van der Waals surface area contributed by atoms with Gasteiger partial charge in [0.25, 0.3) is 0 Å². The summed E-state index contributed by atoms with van der Waals surface area (Å²) in [5, 5.41) is 2.79. The van der Waals surface area contributed by atoms with E-state index in [1.54, 1.807) is 35.9 Å². The van der Waals surface area contributed by atoms with Crippen LogP contribution in [-0.4, -0.2) is 35.0 Å². The topological polar surface area (TPSA) is 64.9 Å². The maximum atomic E-state index is 14.2. The predicted molar refractivity (Wildman–Crippen MR) is 132 cm³/mol. The number of carbonyl (C=O) groups is 1. The van der Waals surface area contributed by atoms with Crippen LogP contribution in [-0.2, 0) is 0 Å². The Morgan fingerprint density at radius 3 is 2.54 bits per heavy atom. The van der Waals surface area contributed by atoms with Gasteiger partial charge in [0.15, 0.2) is 23.0 Å². The Hall–Kier alpha value is -4.08. The Bertz CT molecular complexity index is 1450. The molecule has 0 saturated heterocycles. The fraction of sp³-hybridized carbons (Fsp3) is 0.259. The Morgan fingerprint density at radius 1 is 1.11 bits per heavy atom. The summed E-state index contributed by atoms with van der Waals surface area (Å²) in [6.07, 6.45) is -1.76. The van der Waals surface area contributed by atoms with E-state index >= 15 is 0 Å². The lowest BCUT2D eigenvalue weighted by Gasteiger charge is -2.14. The normalized spacial score (nSPS) is 11.5. The number of ether oxygens (including phenoxy) is 2. The number of nitrogens with zero attached hydrogens (tertiary/aromatic N) is 2. The Balaban J connectivity index is 1.76. The van der Waals surface area contributed by atoms with Crippen LogP contribution in [0.3, 0.4) is 0 Å². The number of nitrogens with one attached hydrogen (secondary N) is 1. The quantitative estimate of drug-likeness (QED) is 0.189. The molecule has 6 nitrogen and oxygen atoms in total. The number of ketones is 1. The van der Waals surface area contributed by atoms with Gasteiger partial charge in [-0.15, -0.1) is 0 Å². The molecule has 10 heteroatoms. The number of hydrogen-bond acceptors (Lipinski definition) is 5. The lowest BCUT2D eigenvalue weighted by Crippen LogP contribution is -2.15. The molecule has 1 N–H and O–H groups in total. The molecule has 0 saturated carbocycles. The molecule has 37 heavy (non-hydrogen) atoms. The van der Waals surface area contributed by atoms with E-state index in [9.17, 15) is 22.4 Å². The molecule has 0 spiro atoms. The maximum absolute atomic E-state index is 14.2. The maximum Gasteiger partial charge on any atom is 0.390 e. The first-order valence-corrected chi connectivity index (χ1v) is 11.6. The average Bonchev–Trinajstić information content (AvgIpc) is 3.27. The number of Topliss-reactive ketones (excluding diaryl/α,β-unsaturated/α-hetero) is 1. The summed E-state index contributed by atoms with van der Waals surface area (Å²) in [7, 11) is 1.35. The standard InChI is InChI=1S/C27H25F4N3O3/c1-4-24(35)20-7-5-17(11-16(20)2)23-14-33-26-22(32-10-9-27(29,30)31)13-19(15-34(23)26)37-18-6-8-25(36-3)21(28)12-18/h5-8,11-15,32H,4,9-10H2,1-3H3. The van der Waals surface area contributed by atoms with E-state index in [1.165, 1.54) is 25.3 Å². The Kier molecular flexibility index (Phi) is 7.37. The molecule has 0 fully saturated rings. The SMILES string of the molecule is CCC(=O)c1ccc(-c2cnc3c(NCCC(F)(F)F)cc(Oc4ccc(OC)c(F)c4)cn23)cc1C. The second-order valence-electron chi connectivity index (χ2n) is 8.42. The largest absolute Gasteiger partial charge is 0.494 e. The van der Waals surface area contributed by atoms with Crippen molar-refractivity contribution in [1.82, 2.24) is 9.38 Å². The van der Waals surface area contributed by atoms with Gasteiger partial charge in [0, 0.05) is 36.2 Å². The van der Waals surface area contributed by atoms with Crippen molar-refractivity contribution in [2.75, 3.05) is 19.0 Å². The number of aryl methyl sites for hydroxylation is 1. The number of pyridine rings is 1. The molecular formula is C27H25F4N3O3. The molecule has 194 valence electrons. The molecule has 2 aromatic carbocycles. The fourth-order valence-corrected chi connectivity index (χ4v) is 3.97. The minimum atomic E-state index is -4.33. The number of rotatable bonds is 9. The summed E-state index contributed by atoms with van der Waals surface area (Å²) < 4.78 is 64.9. The highest BCUT2D eigenvalue weighted by Gasteiger charge is 2.26. The number of alkyl halides is 3. The lowest BCUT2D eigenvalue weighted by atomic mass is 9.99. The molecule has 0 aliphatic carbocycles. The summed E-state index contributed by atoms with van der Waals surface area (Å²) in [4.78, 5) is 16.6. The number of halogens is 4. The third kappa shape index (κ3) is 5.84. The molecule has 4 rings (SSSR count). The Labute approximate surface area is 210 Å². The molecule has 0 atom stereocenters. The van der Waals surface area contributed by atoms with Gasteiger partial charge in [-0.25, -0.2) is 9.37 Å². The molecular weight excluding hydrogens is 490 g/mol. The monoisotopic (exact) mass is 515 g/mol. The van der Waals surface area contributed by atoms with Crippen LogP contribution < -0.4 is 14.8 Å². The van der Waals surface area contributed by atoms with E-state index in [1.807, 2.05) is 13.0 Å². The van der Waals surface area contributed by atoms with Crippen molar-refractivity contribution in [3.63, 3.8) is 0 Å². The van der Waals surface area contributed by atoms with Crippen LogP contribution in [0.4, 0.5) is 23.2 Å². The molecule has 0 aliphatic rings. The van der Waals surface area contributed by atoms with Crippen LogP contribution in [0.1, 0.15) is 35.7 Å². The Morgan fingerprint density at radius 2 is 1.89 bits per heavy atom. The molecule has 0 bridgehead atoms. The van der Waals surface area contributed by atoms with Gasteiger partial charge in [-0.3, -0.25) is 9.20 Å². The average molecular weight is 516 g/mol. The van der Waals surface area contributed by atoms with Gasteiger partial charge in [0.05, 0.1) is 37.3 Å². The first-order valence-electron chi connectivity index (χ1n) is 11.6. The zero-order valence-corrected chi connectivity index (χ0v) is 20.4. The van der Waals surface area contributed by atoms with E-state index in [0.29, 0.717) is 29.0 Å².